The molecule has 0 atom stereocenters. The van der Waals surface area contributed by atoms with Crippen LogP contribution in [0.3, 0.4) is 0 Å². The highest BCUT2D eigenvalue weighted by Crippen LogP contribution is 2.38. The molecule has 0 bridgehead atoms. The van der Waals surface area contributed by atoms with Gasteiger partial charge in [-0.3, -0.25) is 14.4 Å². The van der Waals surface area contributed by atoms with Crippen LogP contribution < -0.4 is 14.4 Å². The van der Waals surface area contributed by atoms with Crippen LogP contribution in [0, 0.1) is 13.8 Å². The van der Waals surface area contributed by atoms with Crippen LogP contribution >= 0.6 is 11.8 Å². The quantitative estimate of drug-likeness (QED) is 0.654. The maximum Gasteiger partial charge on any atom is 0.306 e. The van der Waals surface area contributed by atoms with Crippen molar-refractivity contribution in [3.63, 3.8) is 0 Å². The van der Waals surface area contributed by atoms with Gasteiger partial charge in [0.15, 0.2) is 11.5 Å². The maximum absolute atomic E-state index is 12.9. The Bertz CT molecular complexity index is 1050. The number of imide groups is 1. The number of amides is 2. The third-order valence-electron chi connectivity index (χ3n) is 4.45. The van der Waals surface area contributed by atoms with Gasteiger partial charge in [0.1, 0.15) is 0 Å². The Balaban J connectivity index is 1.83. The van der Waals surface area contributed by atoms with E-state index in [1.165, 1.54) is 12.0 Å². The lowest BCUT2D eigenvalue weighted by Gasteiger charge is -2.15. The van der Waals surface area contributed by atoms with Gasteiger partial charge in [0.25, 0.3) is 11.1 Å². The van der Waals surface area contributed by atoms with Crippen molar-refractivity contribution in [3.8, 4) is 11.5 Å². The fourth-order valence-electron chi connectivity index (χ4n) is 3.02. The van der Waals surface area contributed by atoms with Crippen LogP contribution in [0.25, 0.3) is 6.08 Å². The Morgan fingerprint density at radius 3 is 2.57 bits per heavy atom. The molecule has 7 nitrogen and oxygen atoms in total. The summed E-state index contributed by atoms with van der Waals surface area (Å²) in [4.78, 5) is 37.5. The number of aliphatic carboxylic acids is 1. The lowest BCUT2D eigenvalue weighted by atomic mass is 10.1. The second kappa shape index (κ2) is 9.04. The largest absolute Gasteiger partial charge is 0.493 e. The van der Waals surface area contributed by atoms with Gasteiger partial charge in [-0.15, -0.1) is 0 Å². The maximum atomic E-state index is 12.9. The highest BCUT2D eigenvalue weighted by molar-refractivity contribution is 8.19. The lowest BCUT2D eigenvalue weighted by Crippen LogP contribution is -2.28. The number of hydrogen-bond donors (Lipinski definition) is 1. The van der Waals surface area contributed by atoms with E-state index in [4.69, 9.17) is 14.6 Å². The third-order valence-corrected chi connectivity index (χ3v) is 5.32. The Morgan fingerprint density at radius 2 is 1.90 bits per heavy atom. The van der Waals surface area contributed by atoms with Gasteiger partial charge in [-0.2, -0.15) is 0 Å². The number of carboxylic acids is 1. The molecular weight excluding hydrogens is 406 g/mol. The molecule has 1 aliphatic heterocycles. The number of aryl methyl sites for hydroxylation is 2. The van der Waals surface area contributed by atoms with Crippen molar-refractivity contribution >= 4 is 40.6 Å². The monoisotopic (exact) mass is 427 g/mol. The van der Waals surface area contributed by atoms with E-state index >= 15 is 0 Å². The van der Waals surface area contributed by atoms with E-state index in [0.717, 1.165) is 22.9 Å². The van der Waals surface area contributed by atoms with Crippen LogP contribution in [0.15, 0.2) is 41.3 Å². The van der Waals surface area contributed by atoms with Gasteiger partial charge < -0.3 is 14.6 Å². The molecule has 2 amide bonds. The van der Waals surface area contributed by atoms with Crippen molar-refractivity contribution in [1.82, 2.24) is 0 Å². The van der Waals surface area contributed by atoms with Crippen LogP contribution in [-0.4, -0.2) is 35.9 Å². The van der Waals surface area contributed by atoms with Crippen LogP contribution in [-0.2, 0) is 9.59 Å². The van der Waals surface area contributed by atoms with Gasteiger partial charge in [0.2, 0.25) is 0 Å². The van der Waals surface area contributed by atoms with Crippen molar-refractivity contribution in [2.45, 2.75) is 20.3 Å². The second-order valence-electron chi connectivity index (χ2n) is 6.71. The molecule has 0 radical (unpaired) electrons. The molecule has 8 heteroatoms. The minimum Gasteiger partial charge on any atom is -0.493 e. The van der Waals surface area contributed by atoms with Crippen LogP contribution in [0.5, 0.6) is 11.5 Å². The summed E-state index contributed by atoms with van der Waals surface area (Å²) >= 11 is 0.880. The summed E-state index contributed by atoms with van der Waals surface area (Å²) in [6.07, 6.45) is 1.49. The number of rotatable bonds is 7. The molecule has 30 heavy (non-hydrogen) atoms. The smallest absolute Gasteiger partial charge is 0.306 e. The van der Waals surface area contributed by atoms with Gasteiger partial charge >= 0.3 is 5.97 Å². The number of hydrogen-bond acceptors (Lipinski definition) is 6. The zero-order valence-electron chi connectivity index (χ0n) is 16.8. The Kier molecular flexibility index (Phi) is 6.47. The summed E-state index contributed by atoms with van der Waals surface area (Å²) in [7, 11) is 1.47. The fraction of sp³-hybridized carbons (Fsp3) is 0.227. The zero-order chi connectivity index (χ0) is 21.8. The topological polar surface area (TPSA) is 93.1 Å². The third kappa shape index (κ3) is 4.65. The van der Waals surface area contributed by atoms with E-state index in [9.17, 15) is 14.4 Å². The molecule has 1 N–H and O–H groups in total. The summed E-state index contributed by atoms with van der Waals surface area (Å²) in [5.41, 5.74) is 3.13. The number of anilines is 1. The zero-order valence-corrected chi connectivity index (χ0v) is 17.6. The molecule has 1 heterocycles. The van der Waals surface area contributed by atoms with E-state index in [0.29, 0.717) is 27.7 Å². The number of thioether (sulfide) groups is 1. The second-order valence-corrected chi connectivity index (χ2v) is 7.70. The molecule has 0 spiro atoms. The van der Waals surface area contributed by atoms with Gasteiger partial charge in [0, 0.05) is 0 Å². The molecule has 156 valence electrons. The molecule has 1 aliphatic rings. The van der Waals surface area contributed by atoms with E-state index in [2.05, 4.69) is 0 Å². The number of ether oxygens (including phenoxy) is 2. The molecule has 0 unspecified atom stereocenters. The summed E-state index contributed by atoms with van der Waals surface area (Å²) in [5, 5.41) is 8.37. The van der Waals surface area contributed by atoms with E-state index in [1.54, 1.807) is 30.3 Å². The van der Waals surface area contributed by atoms with E-state index in [1.807, 2.05) is 26.0 Å². The molecule has 3 rings (SSSR count). The number of benzene rings is 2. The first-order valence-corrected chi connectivity index (χ1v) is 9.99. The molecule has 0 saturated carbocycles. The van der Waals surface area contributed by atoms with Gasteiger partial charge in [-0.1, -0.05) is 23.8 Å². The van der Waals surface area contributed by atoms with Gasteiger partial charge in [0.05, 0.1) is 30.7 Å². The molecule has 2 aromatic rings. The molecule has 1 saturated heterocycles. The highest BCUT2D eigenvalue weighted by Gasteiger charge is 2.37. The van der Waals surface area contributed by atoms with E-state index in [-0.39, 0.29) is 24.2 Å². The Hall–Kier alpha value is -3.26. The minimum atomic E-state index is -0.954. The highest BCUT2D eigenvalue weighted by atomic mass is 32.2. The fourth-order valence-corrected chi connectivity index (χ4v) is 3.86. The van der Waals surface area contributed by atoms with Crippen LogP contribution in [0.1, 0.15) is 23.1 Å². The molecular formula is C22H21NO6S. The number of carbonyl (C=O) groups excluding carboxylic acids is 2. The van der Waals surface area contributed by atoms with E-state index < -0.39 is 5.97 Å². The molecule has 0 aromatic heterocycles. The predicted octanol–water partition coefficient (Wildman–Crippen LogP) is 4.41. The number of carboxylic acid groups (broad SMARTS) is 1. The normalized spacial score (nSPS) is 15.0. The summed E-state index contributed by atoms with van der Waals surface area (Å²) < 4.78 is 10.7. The Morgan fingerprint density at radius 1 is 1.13 bits per heavy atom. The predicted molar refractivity (Wildman–Crippen MR) is 115 cm³/mol. The van der Waals surface area contributed by atoms with Crippen molar-refractivity contribution in [2.24, 2.45) is 0 Å². The van der Waals surface area contributed by atoms with Crippen LogP contribution in [0.4, 0.5) is 10.5 Å². The lowest BCUT2D eigenvalue weighted by molar-refractivity contribution is -0.137. The Labute approximate surface area is 178 Å². The average Bonchev–Trinajstić information content (AvgIpc) is 2.96. The van der Waals surface area contributed by atoms with Gasteiger partial charge in [-0.05, 0) is 61.0 Å². The number of carbonyl (C=O) groups is 3. The van der Waals surface area contributed by atoms with Crippen molar-refractivity contribution in [1.29, 1.82) is 0 Å². The molecule has 0 aliphatic carbocycles. The first-order valence-electron chi connectivity index (χ1n) is 9.18. The standard InChI is InChI=1S/C22H21NO6S/c1-13-4-6-16(14(2)10-13)23-21(26)19(30-22(23)27)12-15-5-7-17(18(11-15)28-3)29-9-8-20(24)25/h4-7,10-12H,8-9H2,1-3H3,(H,24,25)/b19-12+. The first kappa shape index (κ1) is 21.4. The number of nitrogens with zero attached hydrogens (tertiary/aromatic N) is 1. The average molecular weight is 427 g/mol. The van der Waals surface area contributed by atoms with Crippen LogP contribution in [0.2, 0.25) is 0 Å². The SMILES string of the molecule is COc1cc(/C=C2/SC(=O)N(c3ccc(C)cc3C)C2=O)ccc1OCCC(=O)O. The first-order chi connectivity index (χ1) is 14.3. The van der Waals surface area contributed by atoms with Gasteiger partial charge in [-0.25, -0.2) is 4.90 Å². The number of methoxy groups -OCH3 is 1. The summed E-state index contributed by atoms with van der Waals surface area (Å²) in [6, 6.07) is 10.6. The van der Waals surface area contributed by atoms with Crippen molar-refractivity contribution < 1.29 is 29.0 Å². The molecule has 1 fully saturated rings. The summed E-state index contributed by atoms with van der Waals surface area (Å²) in [6.45, 7) is 3.83. The molecule has 2 aromatic carbocycles. The summed E-state index contributed by atoms with van der Waals surface area (Å²) in [5.74, 6) is -0.523. The van der Waals surface area contributed by atoms with Crippen molar-refractivity contribution in [3.05, 3.63) is 58.0 Å². The minimum absolute atomic E-state index is 0.0137. The van der Waals surface area contributed by atoms with Crippen molar-refractivity contribution in [2.75, 3.05) is 18.6 Å².